The van der Waals surface area contributed by atoms with E-state index >= 15 is 0 Å². The molecule has 1 heterocycles. The van der Waals surface area contributed by atoms with Crippen molar-refractivity contribution in [2.45, 2.75) is 5.92 Å². The molecule has 0 saturated carbocycles. The zero-order valence-corrected chi connectivity index (χ0v) is 12.5. The van der Waals surface area contributed by atoms with Crippen LogP contribution in [0.4, 0.5) is 0 Å². The van der Waals surface area contributed by atoms with Crippen LogP contribution >= 0.6 is 0 Å². The van der Waals surface area contributed by atoms with Gasteiger partial charge in [-0.25, -0.2) is 0 Å². The summed E-state index contributed by atoms with van der Waals surface area (Å²) in [5, 5.41) is 4.12. The lowest BCUT2D eigenvalue weighted by Crippen LogP contribution is -2.13. The lowest BCUT2D eigenvalue weighted by Gasteiger charge is -2.26. The van der Waals surface area contributed by atoms with E-state index < -0.39 is 0 Å². The Bertz CT molecular complexity index is 998. The van der Waals surface area contributed by atoms with Gasteiger partial charge in [0.15, 0.2) is 0 Å². The second kappa shape index (κ2) is 4.23. The van der Waals surface area contributed by atoms with Gasteiger partial charge in [-0.2, -0.15) is 0 Å². The molecule has 0 spiro atoms. The lowest BCUT2D eigenvalue weighted by molar-refractivity contribution is 0.690. The van der Waals surface area contributed by atoms with Crippen LogP contribution in [0.1, 0.15) is 17.2 Å². The van der Waals surface area contributed by atoms with Crippen molar-refractivity contribution in [3.05, 3.63) is 78.0 Å². The molecule has 0 aliphatic heterocycles. The molecular formula is C21H17N. The Morgan fingerprint density at radius 1 is 0.909 bits per heavy atom. The first-order valence-electron chi connectivity index (χ1n) is 7.88. The first-order chi connectivity index (χ1) is 10.8. The van der Waals surface area contributed by atoms with Crippen molar-refractivity contribution in [3.63, 3.8) is 0 Å². The Morgan fingerprint density at radius 2 is 1.77 bits per heavy atom. The molecule has 0 radical (unpaired) electrons. The number of hydrogen-bond donors (Lipinski definition) is 0. The van der Waals surface area contributed by atoms with Crippen LogP contribution in [0.5, 0.6) is 0 Å². The Kier molecular flexibility index (Phi) is 2.32. The Labute approximate surface area is 129 Å². The fourth-order valence-electron chi connectivity index (χ4n) is 4.10. The van der Waals surface area contributed by atoms with Crippen LogP contribution in [0.15, 0.2) is 66.8 Å². The van der Waals surface area contributed by atoms with Crippen LogP contribution < -0.4 is 0 Å². The monoisotopic (exact) mass is 283 g/mol. The zero-order chi connectivity index (χ0) is 14.7. The summed E-state index contributed by atoms with van der Waals surface area (Å²) in [7, 11) is 2.18. The van der Waals surface area contributed by atoms with E-state index in [-0.39, 0.29) is 0 Å². The van der Waals surface area contributed by atoms with E-state index in [4.69, 9.17) is 0 Å². The SMILES string of the molecule is Cn1c2c(c3c4ccccc4ccc31)C1C=CC=CC1C=C2. The van der Waals surface area contributed by atoms with Crippen LogP contribution in [0.2, 0.25) is 0 Å². The largest absolute Gasteiger partial charge is 0.344 e. The molecule has 0 bridgehead atoms. The third-order valence-electron chi connectivity index (χ3n) is 5.16. The molecule has 0 amide bonds. The highest BCUT2D eigenvalue weighted by Gasteiger charge is 2.29. The highest BCUT2D eigenvalue weighted by molar-refractivity contribution is 6.10. The number of benzene rings is 2. The van der Waals surface area contributed by atoms with Gasteiger partial charge in [-0.15, -0.1) is 0 Å². The van der Waals surface area contributed by atoms with Gasteiger partial charge in [0.1, 0.15) is 0 Å². The van der Waals surface area contributed by atoms with Crippen LogP contribution in [0.3, 0.4) is 0 Å². The molecule has 5 rings (SSSR count). The molecule has 0 saturated heterocycles. The minimum atomic E-state index is 0.458. The first-order valence-corrected chi connectivity index (χ1v) is 7.88. The maximum absolute atomic E-state index is 2.36. The molecule has 106 valence electrons. The summed E-state index contributed by atoms with van der Waals surface area (Å²) >= 11 is 0. The third kappa shape index (κ3) is 1.43. The number of nitrogens with zero attached hydrogens (tertiary/aromatic N) is 1. The van der Waals surface area contributed by atoms with Crippen molar-refractivity contribution < 1.29 is 0 Å². The Balaban J connectivity index is 1.97. The van der Waals surface area contributed by atoms with E-state index in [1.165, 1.54) is 32.9 Å². The van der Waals surface area contributed by atoms with E-state index in [1.54, 1.807) is 0 Å². The summed E-state index contributed by atoms with van der Waals surface area (Å²) in [6.45, 7) is 0. The van der Waals surface area contributed by atoms with Crippen LogP contribution in [0.25, 0.3) is 27.8 Å². The van der Waals surface area contributed by atoms with Gasteiger partial charge in [-0.3, -0.25) is 0 Å². The number of aryl methyl sites for hydroxylation is 1. The third-order valence-corrected chi connectivity index (χ3v) is 5.16. The highest BCUT2D eigenvalue weighted by Crippen LogP contribution is 2.44. The molecule has 3 aromatic rings. The van der Waals surface area contributed by atoms with Crippen LogP contribution in [-0.2, 0) is 7.05 Å². The van der Waals surface area contributed by atoms with Gasteiger partial charge in [0.05, 0.1) is 0 Å². The number of hydrogen-bond acceptors (Lipinski definition) is 0. The van der Waals surface area contributed by atoms with Crippen molar-refractivity contribution in [3.8, 4) is 0 Å². The van der Waals surface area contributed by atoms with Crippen molar-refractivity contribution in [2.24, 2.45) is 13.0 Å². The predicted molar refractivity (Wildman–Crippen MR) is 94.0 cm³/mol. The summed E-state index contributed by atoms with van der Waals surface area (Å²) in [5.74, 6) is 0.946. The summed E-state index contributed by atoms with van der Waals surface area (Å²) in [4.78, 5) is 0. The molecule has 1 nitrogen and oxygen atoms in total. The van der Waals surface area contributed by atoms with E-state index in [0.29, 0.717) is 11.8 Å². The molecule has 2 aliphatic rings. The molecule has 1 heteroatoms. The maximum Gasteiger partial charge on any atom is 0.0492 e. The molecule has 1 aromatic heterocycles. The average molecular weight is 283 g/mol. The highest BCUT2D eigenvalue weighted by atomic mass is 14.9. The standard InChI is InChI=1S/C21H17N/c1-22-18-12-10-14-6-2-4-8-16(14)20(18)21-17-9-5-3-7-15(17)11-13-19(21)22/h2-14,16H,1H3. The van der Waals surface area contributed by atoms with Crippen molar-refractivity contribution >= 4 is 27.8 Å². The van der Waals surface area contributed by atoms with Gasteiger partial charge in [0, 0.05) is 35.5 Å². The van der Waals surface area contributed by atoms with E-state index in [0.717, 1.165) is 0 Å². The van der Waals surface area contributed by atoms with Crippen molar-refractivity contribution in [2.75, 3.05) is 0 Å². The Hall–Kier alpha value is -2.54. The fraction of sp³-hybridized carbons (Fsp3) is 0.143. The van der Waals surface area contributed by atoms with Gasteiger partial charge in [-0.05, 0) is 28.5 Å². The molecule has 0 N–H and O–H groups in total. The molecule has 0 fully saturated rings. The second-order valence-corrected chi connectivity index (χ2v) is 6.27. The van der Waals surface area contributed by atoms with Crippen molar-refractivity contribution in [1.82, 2.24) is 4.57 Å². The minimum absolute atomic E-state index is 0.458. The van der Waals surface area contributed by atoms with Gasteiger partial charge in [-0.1, -0.05) is 60.7 Å². The molecule has 2 aromatic carbocycles. The molecule has 2 atom stereocenters. The molecule has 2 aliphatic carbocycles. The van der Waals surface area contributed by atoms with Gasteiger partial charge in [0.25, 0.3) is 0 Å². The lowest BCUT2D eigenvalue weighted by atomic mass is 9.78. The van der Waals surface area contributed by atoms with E-state index in [9.17, 15) is 0 Å². The molecular weight excluding hydrogens is 266 g/mol. The molecule has 22 heavy (non-hydrogen) atoms. The number of fused-ring (bicyclic) bond motifs is 7. The number of allylic oxidation sites excluding steroid dienone is 5. The fourth-order valence-corrected chi connectivity index (χ4v) is 4.10. The van der Waals surface area contributed by atoms with Crippen molar-refractivity contribution in [1.29, 1.82) is 0 Å². The molecule has 2 unspecified atom stereocenters. The van der Waals surface area contributed by atoms with Gasteiger partial charge >= 0.3 is 0 Å². The smallest absolute Gasteiger partial charge is 0.0492 e. The zero-order valence-electron chi connectivity index (χ0n) is 12.5. The van der Waals surface area contributed by atoms with E-state index in [2.05, 4.69) is 84.5 Å². The normalized spacial score (nSPS) is 22.2. The second-order valence-electron chi connectivity index (χ2n) is 6.27. The Morgan fingerprint density at radius 3 is 2.73 bits per heavy atom. The number of rotatable bonds is 0. The van der Waals surface area contributed by atoms with Gasteiger partial charge in [0.2, 0.25) is 0 Å². The summed E-state index contributed by atoms with van der Waals surface area (Å²) < 4.78 is 2.34. The van der Waals surface area contributed by atoms with Crippen LogP contribution in [-0.4, -0.2) is 4.57 Å². The van der Waals surface area contributed by atoms with E-state index in [1.807, 2.05) is 0 Å². The maximum atomic E-state index is 2.36. The topological polar surface area (TPSA) is 4.93 Å². The summed E-state index contributed by atoms with van der Waals surface area (Å²) in [5.41, 5.74) is 4.17. The average Bonchev–Trinajstić information content (AvgIpc) is 2.88. The number of aromatic nitrogens is 1. The summed E-state index contributed by atoms with van der Waals surface area (Å²) in [6, 6.07) is 13.2. The van der Waals surface area contributed by atoms with Gasteiger partial charge < -0.3 is 4.57 Å². The minimum Gasteiger partial charge on any atom is -0.344 e. The quantitative estimate of drug-likeness (QED) is 0.535. The van der Waals surface area contributed by atoms with Crippen LogP contribution in [0, 0.1) is 5.92 Å². The first kappa shape index (κ1) is 12.0. The predicted octanol–water partition coefficient (Wildman–Crippen LogP) is 5.18. The summed E-state index contributed by atoms with van der Waals surface area (Å²) in [6.07, 6.45) is 13.7.